The lowest BCUT2D eigenvalue weighted by Crippen LogP contribution is -2.36. The lowest BCUT2D eigenvalue weighted by atomic mass is 10.1. The minimum atomic E-state index is -2.89. The number of carbonyl (C=O) groups excluding carboxylic acids is 1. The highest BCUT2D eigenvalue weighted by Gasteiger charge is 2.11. The Labute approximate surface area is 157 Å². The Balaban J connectivity index is 1.75. The first kappa shape index (κ1) is 19.3. The van der Waals surface area contributed by atoms with E-state index in [1.54, 1.807) is 31.2 Å². The van der Waals surface area contributed by atoms with Gasteiger partial charge in [0.25, 0.3) is 5.91 Å². The average Bonchev–Trinajstić information content (AvgIpc) is 2.67. The van der Waals surface area contributed by atoms with E-state index in [9.17, 15) is 23.2 Å². The van der Waals surface area contributed by atoms with Crippen molar-refractivity contribution in [3.8, 4) is 5.75 Å². The van der Waals surface area contributed by atoms with Crippen LogP contribution in [0.4, 0.5) is 8.78 Å². The number of amides is 1. The third-order valence-electron chi connectivity index (χ3n) is 4.15. The van der Waals surface area contributed by atoms with Crippen LogP contribution in [0.2, 0.25) is 0 Å². The number of hydrogen-bond donors (Lipinski definition) is 2. The van der Waals surface area contributed by atoms with Crippen LogP contribution in [-0.2, 0) is 13.1 Å². The highest BCUT2D eigenvalue weighted by molar-refractivity contribution is 5.97. The van der Waals surface area contributed by atoms with Gasteiger partial charge >= 0.3 is 17.7 Å². The number of carbonyl (C=O) groups is 1. The summed E-state index contributed by atoms with van der Waals surface area (Å²) < 4.78 is 29.9. The Morgan fingerprint density at radius 3 is 2.54 bits per heavy atom. The summed E-state index contributed by atoms with van der Waals surface area (Å²) in [5.41, 5.74) is 0.515. The third kappa shape index (κ3) is 4.08. The Morgan fingerprint density at radius 2 is 1.89 bits per heavy atom. The molecule has 0 unspecified atom stereocenters. The van der Waals surface area contributed by atoms with Crippen LogP contribution in [0.15, 0.2) is 52.1 Å². The number of fused-ring (bicyclic) bond motifs is 1. The van der Waals surface area contributed by atoms with Crippen molar-refractivity contribution in [2.24, 2.45) is 0 Å². The Morgan fingerprint density at radius 1 is 1.18 bits per heavy atom. The number of aryl methyl sites for hydroxylation is 1. The second kappa shape index (κ2) is 8.03. The maximum absolute atomic E-state index is 12.4. The molecule has 9 heteroatoms. The molecule has 2 N–H and O–H groups in total. The number of nitrogens with zero attached hydrogens (tertiary/aromatic N) is 1. The molecule has 0 aliphatic heterocycles. The van der Waals surface area contributed by atoms with E-state index in [4.69, 9.17) is 0 Å². The van der Waals surface area contributed by atoms with Crippen LogP contribution in [0, 0.1) is 0 Å². The van der Waals surface area contributed by atoms with Crippen LogP contribution in [0.5, 0.6) is 5.75 Å². The van der Waals surface area contributed by atoms with Crippen molar-refractivity contribution in [1.82, 2.24) is 14.9 Å². The predicted octanol–water partition coefficient (Wildman–Crippen LogP) is 2.24. The number of alkyl halides is 2. The predicted molar refractivity (Wildman–Crippen MR) is 98.7 cm³/mol. The van der Waals surface area contributed by atoms with Crippen LogP contribution in [0.3, 0.4) is 0 Å². The fourth-order valence-corrected chi connectivity index (χ4v) is 2.81. The van der Waals surface area contributed by atoms with Crippen LogP contribution < -0.4 is 21.2 Å². The molecule has 0 saturated carbocycles. The van der Waals surface area contributed by atoms with E-state index in [0.717, 1.165) is 0 Å². The van der Waals surface area contributed by atoms with Gasteiger partial charge in [-0.05, 0) is 42.8 Å². The number of aromatic amines is 1. The standard InChI is InChI=1S/C19H17F2N3O4/c1-2-24-15-8-5-12(9-14(15)23-17(26)18(24)27)16(25)22-10-11-3-6-13(7-4-11)28-19(20)21/h3-9,19H,2,10H2,1H3,(H,22,25)(H,23,26). The smallest absolute Gasteiger partial charge is 0.387 e. The van der Waals surface area contributed by atoms with Gasteiger partial charge in [-0.3, -0.25) is 14.4 Å². The Kier molecular flexibility index (Phi) is 5.53. The van der Waals surface area contributed by atoms with Crippen molar-refractivity contribution in [2.45, 2.75) is 26.6 Å². The van der Waals surface area contributed by atoms with Crippen molar-refractivity contribution in [3.63, 3.8) is 0 Å². The number of nitrogens with one attached hydrogen (secondary N) is 2. The Hall–Kier alpha value is -3.49. The van der Waals surface area contributed by atoms with E-state index >= 15 is 0 Å². The number of aromatic nitrogens is 2. The molecule has 3 aromatic rings. The molecule has 1 heterocycles. The van der Waals surface area contributed by atoms with Crippen molar-refractivity contribution in [2.75, 3.05) is 0 Å². The van der Waals surface area contributed by atoms with Crippen LogP contribution >= 0.6 is 0 Å². The van der Waals surface area contributed by atoms with Crippen LogP contribution in [-0.4, -0.2) is 22.1 Å². The van der Waals surface area contributed by atoms with Crippen molar-refractivity contribution < 1.29 is 18.3 Å². The quantitative estimate of drug-likeness (QED) is 0.633. The maximum atomic E-state index is 12.4. The fraction of sp³-hybridized carbons (Fsp3) is 0.211. The monoisotopic (exact) mass is 389 g/mol. The van der Waals surface area contributed by atoms with Gasteiger partial charge in [-0.15, -0.1) is 0 Å². The molecule has 0 radical (unpaired) electrons. The largest absolute Gasteiger partial charge is 0.435 e. The molecule has 3 rings (SSSR count). The summed E-state index contributed by atoms with van der Waals surface area (Å²) in [6.07, 6.45) is 0. The first-order valence-electron chi connectivity index (χ1n) is 8.48. The zero-order valence-electron chi connectivity index (χ0n) is 14.9. The van der Waals surface area contributed by atoms with Gasteiger partial charge in [-0.1, -0.05) is 12.1 Å². The van der Waals surface area contributed by atoms with Gasteiger partial charge in [-0.25, -0.2) is 0 Å². The van der Waals surface area contributed by atoms with E-state index in [1.807, 2.05) is 0 Å². The summed E-state index contributed by atoms with van der Waals surface area (Å²) in [5.74, 6) is -0.351. The second-order valence-electron chi connectivity index (χ2n) is 5.94. The molecule has 0 bridgehead atoms. The summed E-state index contributed by atoms with van der Waals surface area (Å²) in [7, 11) is 0. The molecule has 1 aromatic heterocycles. The molecular formula is C19H17F2N3O4. The van der Waals surface area contributed by atoms with Gasteiger partial charge in [0.1, 0.15) is 5.75 Å². The summed E-state index contributed by atoms with van der Waals surface area (Å²) in [5, 5.41) is 2.71. The van der Waals surface area contributed by atoms with E-state index in [-0.39, 0.29) is 18.2 Å². The zero-order chi connectivity index (χ0) is 20.3. The topological polar surface area (TPSA) is 93.2 Å². The average molecular weight is 389 g/mol. The molecule has 0 fully saturated rings. The minimum absolute atomic E-state index is 0.0329. The van der Waals surface area contributed by atoms with Gasteiger partial charge in [0, 0.05) is 18.7 Å². The molecule has 0 saturated heterocycles. The van der Waals surface area contributed by atoms with Crippen LogP contribution in [0.25, 0.3) is 11.0 Å². The van der Waals surface area contributed by atoms with Gasteiger partial charge in [0.15, 0.2) is 0 Å². The Bertz CT molecular complexity index is 1120. The number of benzene rings is 2. The molecule has 0 spiro atoms. The first-order chi connectivity index (χ1) is 13.4. The molecule has 1 amide bonds. The fourth-order valence-electron chi connectivity index (χ4n) is 2.81. The van der Waals surface area contributed by atoms with E-state index in [0.29, 0.717) is 28.7 Å². The van der Waals surface area contributed by atoms with Crippen molar-refractivity contribution in [3.05, 3.63) is 74.3 Å². The highest BCUT2D eigenvalue weighted by Crippen LogP contribution is 2.15. The third-order valence-corrected chi connectivity index (χ3v) is 4.15. The van der Waals surface area contributed by atoms with Crippen LogP contribution in [0.1, 0.15) is 22.8 Å². The lowest BCUT2D eigenvalue weighted by molar-refractivity contribution is -0.0498. The molecule has 28 heavy (non-hydrogen) atoms. The number of rotatable bonds is 6. The normalized spacial score (nSPS) is 11.0. The van der Waals surface area contributed by atoms with Crippen molar-refractivity contribution >= 4 is 16.9 Å². The SMILES string of the molecule is CCn1c(=O)c(=O)[nH]c2cc(C(=O)NCc3ccc(OC(F)F)cc3)ccc21. The molecule has 0 aliphatic carbocycles. The zero-order valence-corrected chi connectivity index (χ0v) is 14.9. The molecular weight excluding hydrogens is 372 g/mol. The molecule has 0 aliphatic rings. The van der Waals surface area contributed by atoms with E-state index in [1.165, 1.54) is 22.8 Å². The van der Waals surface area contributed by atoms with Gasteiger partial charge in [-0.2, -0.15) is 8.78 Å². The number of hydrogen-bond acceptors (Lipinski definition) is 4. The second-order valence-corrected chi connectivity index (χ2v) is 5.94. The maximum Gasteiger partial charge on any atom is 0.387 e. The van der Waals surface area contributed by atoms with Crippen molar-refractivity contribution in [1.29, 1.82) is 0 Å². The summed E-state index contributed by atoms with van der Waals surface area (Å²) in [6.45, 7) is -0.639. The molecule has 146 valence electrons. The highest BCUT2D eigenvalue weighted by atomic mass is 19.3. The van der Waals surface area contributed by atoms with Gasteiger partial charge in [0.05, 0.1) is 11.0 Å². The van der Waals surface area contributed by atoms with Gasteiger partial charge in [0.2, 0.25) is 0 Å². The summed E-state index contributed by atoms with van der Waals surface area (Å²) in [4.78, 5) is 38.5. The van der Waals surface area contributed by atoms with E-state index < -0.39 is 17.7 Å². The summed E-state index contributed by atoms with van der Waals surface area (Å²) in [6, 6.07) is 10.6. The number of halogens is 2. The lowest BCUT2D eigenvalue weighted by Gasteiger charge is -2.10. The van der Waals surface area contributed by atoms with Gasteiger partial charge < -0.3 is 19.6 Å². The molecule has 7 nitrogen and oxygen atoms in total. The van der Waals surface area contributed by atoms with E-state index in [2.05, 4.69) is 15.0 Å². The molecule has 0 atom stereocenters. The number of ether oxygens (including phenoxy) is 1. The summed E-state index contributed by atoms with van der Waals surface area (Å²) >= 11 is 0. The number of H-pyrrole nitrogens is 1. The minimum Gasteiger partial charge on any atom is -0.435 e. The first-order valence-corrected chi connectivity index (χ1v) is 8.48. The molecule has 2 aromatic carbocycles.